The second-order valence-corrected chi connectivity index (χ2v) is 4.60. The molecule has 0 amide bonds. The predicted molar refractivity (Wildman–Crippen MR) is 66.5 cm³/mol. The Bertz CT molecular complexity index is 534. The van der Waals surface area contributed by atoms with E-state index in [9.17, 15) is 0 Å². The van der Waals surface area contributed by atoms with Crippen molar-refractivity contribution in [3.63, 3.8) is 0 Å². The summed E-state index contributed by atoms with van der Waals surface area (Å²) < 4.78 is 0. The average molecular weight is 232 g/mol. The lowest BCUT2D eigenvalue weighted by molar-refractivity contribution is 0.692. The molecule has 0 aliphatic heterocycles. The molecule has 3 rings (SSSR count). The lowest BCUT2D eigenvalue weighted by atomic mass is 10.2. The highest BCUT2D eigenvalue weighted by atomic mass is 15.2. The second kappa shape index (κ2) is 3.87. The molecule has 0 radical (unpaired) electrons. The molecule has 2 aromatic heterocycles. The third-order valence-corrected chi connectivity index (χ3v) is 3.23. The van der Waals surface area contributed by atoms with Gasteiger partial charge in [-0.1, -0.05) is 13.3 Å². The van der Waals surface area contributed by atoms with Gasteiger partial charge < -0.3 is 11.1 Å². The van der Waals surface area contributed by atoms with Crippen molar-refractivity contribution in [2.24, 2.45) is 5.92 Å². The maximum absolute atomic E-state index is 5.66. The molecule has 2 heterocycles. The summed E-state index contributed by atoms with van der Waals surface area (Å²) in [6.45, 7) is 2.21. The van der Waals surface area contributed by atoms with Crippen molar-refractivity contribution in [1.29, 1.82) is 0 Å². The topological polar surface area (TPSA) is 92.5 Å². The molecule has 1 aliphatic rings. The fourth-order valence-corrected chi connectivity index (χ4v) is 2.25. The number of nitrogens with one attached hydrogen (secondary N) is 2. The molecule has 6 heteroatoms. The molecular formula is C11H16N6. The van der Waals surface area contributed by atoms with E-state index in [0.717, 1.165) is 17.1 Å². The van der Waals surface area contributed by atoms with Gasteiger partial charge in [0.15, 0.2) is 5.65 Å². The quantitative estimate of drug-likeness (QED) is 0.743. The number of hydrogen-bond donors (Lipinski definition) is 3. The standard InChI is InChI=1S/C11H16N6/c1-2-3-6-4-8(6)14-9-7-5-13-17-10(7)16-11(12)15-9/h5-6,8H,2-4H2,1H3,(H4,12,13,14,15,16,17). The molecule has 1 aliphatic carbocycles. The van der Waals surface area contributed by atoms with Crippen LogP contribution in [0.2, 0.25) is 0 Å². The lowest BCUT2D eigenvalue weighted by Gasteiger charge is -2.06. The van der Waals surface area contributed by atoms with E-state index in [2.05, 4.69) is 32.4 Å². The molecule has 0 saturated heterocycles. The van der Waals surface area contributed by atoms with E-state index >= 15 is 0 Å². The number of rotatable bonds is 4. The Kier molecular flexibility index (Phi) is 2.35. The maximum atomic E-state index is 5.66. The molecule has 17 heavy (non-hydrogen) atoms. The molecule has 0 bridgehead atoms. The van der Waals surface area contributed by atoms with Crippen LogP contribution in [0, 0.1) is 5.92 Å². The van der Waals surface area contributed by atoms with Crippen LogP contribution in [0.3, 0.4) is 0 Å². The van der Waals surface area contributed by atoms with E-state index in [-0.39, 0.29) is 5.95 Å². The number of aromatic nitrogens is 4. The van der Waals surface area contributed by atoms with Gasteiger partial charge in [-0.3, -0.25) is 5.10 Å². The highest BCUT2D eigenvalue weighted by Gasteiger charge is 2.36. The molecule has 2 aromatic rings. The van der Waals surface area contributed by atoms with Crippen LogP contribution in [0.15, 0.2) is 6.20 Å². The van der Waals surface area contributed by atoms with Crippen molar-refractivity contribution in [2.45, 2.75) is 32.2 Å². The summed E-state index contributed by atoms with van der Waals surface area (Å²) in [7, 11) is 0. The number of anilines is 2. The van der Waals surface area contributed by atoms with Gasteiger partial charge in [0, 0.05) is 6.04 Å². The first kappa shape index (κ1) is 10.3. The summed E-state index contributed by atoms with van der Waals surface area (Å²) in [4.78, 5) is 8.33. The number of nitrogens with zero attached hydrogens (tertiary/aromatic N) is 3. The van der Waals surface area contributed by atoms with E-state index in [1.54, 1.807) is 6.20 Å². The van der Waals surface area contributed by atoms with Gasteiger partial charge in [0.2, 0.25) is 5.95 Å². The molecule has 0 spiro atoms. The Morgan fingerprint density at radius 3 is 3.24 bits per heavy atom. The van der Waals surface area contributed by atoms with Gasteiger partial charge >= 0.3 is 0 Å². The molecular weight excluding hydrogens is 216 g/mol. The van der Waals surface area contributed by atoms with Crippen LogP contribution in [-0.2, 0) is 0 Å². The zero-order valence-corrected chi connectivity index (χ0v) is 9.77. The Hall–Kier alpha value is -1.85. The van der Waals surface area contributed by atoms with Crippen LogP contribution in [0.1, 0.15) is 26.2 Å². The number of nitrogens with two attached hydrogens (primary N) is 1. The lowest BCUT2D eigenvalue weighted by Crippen LogP contribution is -2.08. The van der Waals surface area contributed by atoms with Crippen LogP contribution in [0.5, 0.6) is 0 Å². The van der Waals surface area contributed by atoms with Gasteiger partial charge in [-0.15, -0.1) is 0 Å². The fourth-order valence-electron chi connectivity index (χ4n) is 2.25. The predicted octanol–water partition coefficient (Wildman–Crippen LogP) is 1.54. The van der Waals surface area contributed by atoms with Gasteiger partial charge in [-0.2, -0.15) is 15.1 Å². The molecule has 1 saturated carbocycles. The molecule has 1 fully saturated rings. The molecule has 0 aromatic carbocycles. The Labute approximate surface area is 99.0 Å². The first-order valence-electron chi connectivity index (χ1n) is 6.01. The highest BCUT2D eigenvalue weighted by molar-refractivity contribution is 5.87. The highest BCUT2D eigenvalue weighted by Crippen LogP contribution is 2.37. The normalized spacial score (nSPS) is 22.9. The number of hydrogen-bond acceptors (Lipinski definition) is 5. The zero-order chi connectivity index (χ0) is 11.8. The van der Waals surface area contributed by atoms with Gasteiger partial charge in [-0.05, 0) is 18.8 Å². The minimum atomic E-state index is 0.275. The third-order valence-electron chi connectivity index (χ3n) is 3.23. The minimum absolute atomic E-state index is 0.275. The van der Waals surface area contributed by atoms with Crippen molar-refractivity contribution in [1.82, 2.24) is 20.2 Å². The number of nitrogen functional groups attached to an aromatic ring is 1. The van der Waals surface area contributed by atoms with E-state index in [0.29, 0.717) is 11.7 Å². The smallest absolute Gasteiger partial charge is 0.224 e. The van der Waals surface area contributed by atoms with Crippen molar-refractivity contribution in [3.05, 3.63) is 6.20 Å². The van der Waals surface area contributed by atoms with Crippen LogP contribution in [-0.4, -0.2) is 26.2 Å². The van der Waals surface area contributed by atoms with E-state index < -0.39 is 0 Å². The fraction of sp³-hybridized carbons (Fsp3) is 0.545. The molecule has 4 N–H and O–H groups in total. The molecule has 2 unspecified atom stereocenters. The largest absolute Gasteiger partial charge is 0.368 e. The van der Waals surface area contributed by atoms with Crippen molar-refractivity contribution in [2.75, 3.05) is 11.1 Å². The summed E-state index contributed by atoms with van der Waals surface area (Å²) in [6.07, 6.45) is 5.45. The second-order valence-electron chi connectivity index (χ2n) is 4.60. The first-order valence-corrected chi connectivity index (χ1v) is 6.01. The van der Waals surface area contributed by atoms with Crippen LogP contribution in [0.25, 0.3) is 11.0 Å². The average Bonchev–Trinajstić information content (AvgIpc) is 2.85. The maximum Gasteiger partial charge on any atom is 0.224 e. The molecule has 6 nitrogen and oxygen atoms in total. The van der Waals surface area contributed by atoms with Gasteiger partial charge in [0.05, 0.1) is 11.6 Å². The van der Waals surface area contributed by atoms with Crippen molar-refractivity contribution in [3.8, 4) is 0 Å². The van der Waals surface area contributed by atoms with Crippen LogP contribution >= 0.6 is 0 Å². The summed E-state index contributed by atoms with van der Waals surface area (Å²) in [6, 6.07) is 0.530. The first-order chi connectivity index (χ1) is 8.28. The number of aromatic amines is 1. The van der Waals surface area contributed by atoms with Gasteiger partial charge in [0.1, 0.15) is 5.82 Å². The van der Waals surface area contributed by atoms with Crippen LogP contribution in [0.4, 0.5) is 11.8 Å². The van der Waals surface area contributed by atoms with Crippen molar-refractivity contribution >= 4 is 22.8 Å². The van der Waals surface area contributed by atoms with E-state index in [1.165, 1.54) is 19.3 Å². The van der Waals surface area contributed by atoms with E-state index in [1.807, 2.05) is 0 Å². The summed E-state index contributed by atoms with van der Waals surface area (Å²) in [5.74, 6) is 1.85. The summed E-state index contributed by atoms with van der Waals surface area (Å²) in [5, 5.41) is 11.1. The van der Waals surface area contributed by atoms with Crippen LogP contribution < -0.4 is 11.1 Å². The molecule has 2 atom stereocenters. The van der Waals surface area contributed by atoms with Gasteiger partial charge in [0.25, 0.3) is 0 Å². The Balaban J connectivity index is 1.83. The monoisotopic (exact) mass is 232 g/mol. The number of H-pyrrole nitrogens is 1. The Morgan fingerprint density at radius 2 is 2.41 bits per heavy atom. The summed E-state index contributed by atoms with van der Waals surface area (Å²) >= 11 is 0. The zero-order valence-electron chi connectivity index (χ0n) is 9.77. The SMILES string of the molecule is CCCC1CC1Nc1nc(N)nc2[nH]ncc12. The van der Waals surface area contributed by atoms with Crippen molar-refractivity contribution < 1.29 is 0 Å². The minimum Gasteiger partial charge on any atom is -0.368 e. The molecule has 90 valence electrons. The third kappa shape index (κ3) is 1.90. The Morgan fingerprint density at radius 1 is 1.53 bits per heavy atom. The summed E-state index contributed by atoms with van der Waals surface area (Å²) in [5.41, 5.74) is 6.35. The van der Waals surface area contributed by atoms with E-state index in [4.69, 9.17) is 5.73 Å². The van der Waals surface area contributed by atoms with Gasteiger partial charge in [-0.25, -0.2) is 0 Å². The number of fused-ring (bicyclic) bond motifs is 1.